The van der Waals surface area contributed by atoms with Crippen LogP contribution in [0.15, 0.2) is 77.9 Å². The first-order valence-electron chi connectivity index (χ1n) is 18.4. The molecule has 52 heavy (non-hydrogen) atoms. The van der Waals surface area contributed by atoms with Gasteiger partial charge in [-0.3, -0.25) is 29.7 Å². The summed E-state index contributed by atoms with van der Waals surface area (Å²) in [6.45, 7) is 2.15. The lowest BCUT2D eigenvalue weighted by Crippen LogP contribution is -2.52. The van der Waals surface area contributed by atoms with Crippen LogP contribution in [0.25, 0.3) is 11.0 Å². The second kappa shape index (κ2) is 14.5. The molecular formula is C40H43N9O3. The summed E-state index contributed by atoms with van der Waals surface area (Å²) in [4.78, 5) is 55.6. The van der Waals surface area contributed by atoms with Crippen LogP contribution in [0.5, 0.6) is 0 Å². The molecule has 1 unspecified atom stereocenters. The standard InChI is InChI=1S/C40H43N9O3/c41-22-35(36-23-42-33-8-1-2-9-34(33)46-36)45-27-17-19-48(20-18-27)29-6-3-5-28(21-29)43-25-11-13-26(14-12-25)44-32-10-4-7-30-31(32)24-49(40(30)52)37-15-16-38(50)47-39(37)51/h1-10,21-23,25-27,37,41,43-44H,11-20,24H2,(H,47,50,51)/b41-22?,45-35-. The molecule has 1 aliphatic carbocycles. The van der Waals surface area contributed by atoms with Crippen LogP contribution in [-0.4, -0.2) is 81.8 Å². The maximum atomic E-state index is 13.3. The van der Waals surface area contributed by atoms with Gasteiger partial charge in [-0.05, 0) is 87.4 Å². The molecule has 12 nitrogen and oxygen atoms in total. The van der Waals surface area contributed by atoms with E-state index in [-0.39, 0.29) is 30.2 Å². The van der Waals surface area contributed by atoms with Crippen molar-refractivity contribution in [2.75, 3.05) is 28.6 Å². The maximum absolute atomic E-state index is 13.3. The van der Waals surface area contributed by atoms with Crippen LogP contribution in [-0.2, 0) is 16.1 Å². The van der Waals surface area contributed by atoms with Crippen molar-refractivity contribution < 1.29 is 14.4 Å². The molecule has 3 amide bonds. The van der Waals surface area contributed by atoms with Crippen molar-refractivity contribution in [3.05, 3.63) is 89.7 Å². The number of rotatable bonds is 9. The first kappa shape index (κ1) is 33.5. The molecule has 0 spiro atoms. The van der Waals surface area contributed by atoms with Gasteiger partial charge in [-0.2, -0.15) is 0 Å². The van der Waals surface area contributed by atoms with Crippen LogP contribution >= 0.6 is 0 Å². The van der Waals surface area contributed by atoms with E-state index in [2.05, 4.69) is 50.1 Å². The van der Waals surface area contributed by atoms with Crippen molar-refractivity contribution in [3.8, 4) is 0 Å². The molecule has 3 aliphatic heterocycles. The van der Waals surface area contributed by atoms with Crippen LogP contribution in [0.1, 0.15) is 73.0 Å². The number of benzene rings is 3. The molecule has 12 heteroatoms. The van der Waals surface area contributed by atoms with Crippen molar-refractivity contribution in [2.45, 2.75) is 82.1 Å². The van der Waals surface area contributed by atoms with Crippen LogP contribution < -0.4 is 20.9 Å². The topological polar surface area (TPSA) is 156 Å². The first-order valence-corrected chi connectivity index (χ1v) is 18.4. The summed E-state index contributed by atoms with van der Waals surface area (Å²) in [6.07, 6.45) is 9.47. The number of nitrogens with zero attached hydrogens (tertiary/aromatic N) is 5. The van der Waals surface area contributed by atoms with Crippen molar-refractivity contribution in [2.24, 2.45) is 4.99 Å². The quantitative estimate of drug-likeness (QED) is 0.135. The summed E-state index contributed by atoms with van der Waals surface area (Å²) in [7, 11) is 0. The molecular weight excluding hydrogens is 654 g/mol. The highest BCUT2D eigenvalue weighted by Gasteiger charge is 2.40. The van der Waals surface area contributed by atoms with Crippen LogP contribution in [0, 0.1) is 5.41 Å². The number of aliphatic imine (C=N–C) groups is 1. The van der Waals surface area contributed by atoms with Gasteiger partial charge in [0.05, 0.1) is 23.3 Å². The lowest BCUT2D eigenvalue weighted by Gasteiger charge is -2.33. The Balaban J connectivity index is 0.834. The minimum absolute atomic E-state index is 0.132. The van der Waals surface area contributed by atoms with Gasteiger partial charge >= 0.3 is 0 Å². The highest BCUT2D eigenvalue weighted by Crippen LogP contribution is 2.34. The molecule has 4 heterocycles. The minimum Gasteiger partial charge on any atom is -0.382 e. The highest BCUT2D eigenvalue weighted by atomic mass is 16.2. The SMILES string of the molecule is N=C/C(=N/C1CCN(c2cccc(NC3CCC(Nc4cccc5c4CN(C4CCC(=O)NC4=O)C5=O)CC3)c2)CC1)c1cnc2ccccc2n1. The largest absolute Gasteiger partial charge is 0.382 e. The van der Waals surface area contributed by atoms with E-state index in [9.17, 15) is 14.4 Å². The fraction of sp³-hybridized carbons (Fsp3) is 0.375. The number of fused-ring (bicyclic) bond motifs is 2. The van der Waals surface area contributed by atoms with Gasteiger partial charge in [-0.15, -0.1) is 0 Å². The summed E-state index contributed by atoms with van der Waals surface area (Å²) < 4.78 is 0. The summed E-state index contributed by atoms with van der Waals surface area (Å²) in [5.41, 5.74) is 7.70. The van der Waals surface area contributed by atoms with E-state index in [0.717, 1.165) is 79.6 Å². The van der Waals surface area contributed by atoms with Crippen molar-refractivity contribution in [1.29, 1.82) is 5.41 Å². The van der Waals surface area contributed by atoms with Crippen LogP contribution in [0.3, 0.4) is 0 Å². The third kappa shape index (κ3) is 6.97. The van der Waals surface area contributed by atoms with Crippen molar-refractivity contribution >= 4 is 57.7 Å². The average molecular weight is 698 g/mol. The number of imide groups is 1. The summed E-state index contributed by atoms with van der Waals surface area (Å²) >= 11 is 0. The molecule has 4 aromatic rings. The van der Waals surface area contributed by atoms with Gasteiger partial charge in [0.15, 0.2) is 0 Å². The van der Waals surface area contributed by atoms with Crippen molar-refractivity contribution in [3.63, 3.8) is 0 Å². The van der Waals surface area contributed by atoms with Crippen LogP contribution in [0.2, 0.25) is 0 Å². The molecule has 1 atom stereocenters. The molecule has 3 fully saturated rings. The van der Waals surface area contributed by atoms with Gasteiger partial charge in [-0.25, -0.2) is 4.98 Å². The zero-order valence-electron chi connectivity index (χ0n) is 29.1. The van der Waals surface area contributed by atoms with Gasteiger partial charge in [0.2, 0.25) is 11.8 Å². The molecule has 0 radical (unpaired) electrons. The van der Waals surface area contributed by atoms with E-state index in [1.54, 1.807) is 11.1 Å². The smallest absolute Gasteiger partial charge is 0.255 e. The van der Waals surface area contributed by atoms with Crippen LogP contribution in [0.4, 0.5) is 17.1 Å². The Hall–Kier alpha value is -5.65. The molecule has 3 aromatic carbocycles. The van der Waals surface area contributed by atoms with Crippen molar-refractivity contribution in [1.82, 2.24) is 20.2 Å². The fourth-order valence-electron chi connectivity index (χ4n) is 8.06. The van der Waals surface area contributed by atoms with E-state index in [1.165, 1.54) is 11.9 Å². The Morgan fingerprint density at radius 1 is 0.865 bits per heavy atom. The summed E-state index contributed by atoms with van der Waals surface area (Å²) in [6, 6.07) is 22.4. The number of piperidine rings is 2. The lowest BCUT2D eigenvalue weighted by atomic mass is 9.90. The Morgan fingerprint density at radius 3 is 2.38 bits per heavy atom. The molecule has 2 saturated heterocycles. The van der Waals surface area contributed by atoms with E-state index in [1.807, 2.05) is 42.5 Å². The number of hydrogen-bond acceptors (Lipinski definition) is 10. The van der Waals surface area contributed by atoms with E-state index < -0.39 is 6.04 Å². The number of carbonyl (C=O) groups excluding carboxylic acids is 3. The minimum atomic E-state index is -0.616. The molecule has 4 aliphatic rings. The number of carbonyl (C=O) groups is 3. The average Bonchev–Trinajstić information content (AvgIpc) is 3.51. The molecule has 0 bridgehead atoms. The Bertz CT molecular complexity index is 2050. The second-order valence-corrected chi connectivity index (χ2v) is 14.2. The second-order valence-electron chi connectivity index (χ2n) is 14.2. The van der Waals surface area contributed by atoms with Gasteiger partial charge < -0.3 is 25.8 Å². The number of hydrogen-bond donors (Lipinski definition) is 4. The van der Waals surface area contributed by atoms with Gasteiger partial charge in [0.1, 0.15) is 17.4 Å². The summed E-state index contributed by atoms with van der Waals surface area (Å²) in [5, 5.41) is 17.9. The highest BCUT2D eigenvalue weighted by molar-refractivity contribution is 6.36. The third-order valence-electron chi connectivity index (χ3n) is 10.9. The first-order chi connectivity index (χ1) is 25.4. The third-order valence-corrected chi connectivity index (χ3v) is 10.9. The number of para-hydroxylation sites is 2. The predicted molar refractivity (Wildman–Crippen MR) is 202 cm³/mol. The van der Waals surface area contributed by atoms with Gasteiger partial charge in [0.25, 0.3) is 5.91 Å². The Labute approximate surface area is 302 Å². The number of nitrogens with one attached hydrogen (secondary N) is 4. The van der Waals surface area contributed by atoms with E-state index in [4.69, 9.17) is 15.4 Å². The Kier molecular flexibility index (Phi) is 9.36. The molecule has 266 valence electrons. The number of aromatic nitrogens is 2. The monoisotopic (exact) mass is 697 g/mol. The van der Waals surface area contributed by atoms with Gasteiger partial charge in [0, 0.05) is 72.5 Å². The molecule has 1 aromatic heterocycles. The zero-order valence-corrected chi connectivity index (χ0v) is 29.1. The lowest BCUT2D eigenvalue weighted by molar-refractivity contribution is -0.136. The number of amides is 3. The summed E-state index contributed by atoms with van der Waals surface area (Å²) in [5.74, 6) is -0.817. The van der Waals surface area contributed by atoms with E-state index in [0.29, 0.717) is 42.0 Å². The maximum Gasteiger partial charge on any atom is 0.255 e. The predicted octanol–water partition coefficient (Wildman–Crippen LogP) is 5.33. The Morgan fingerprint density at radius 2 is 1.62 bits per heavy atom. The van der Waals surface area contributed by atoms with Gasteiger partial charge in [-0.1, -0.05) is 24.3 Å². The zero-order chi connectivity index (χ0) is 35.6. The molecule has 4 N–H and O–H groups in total. The normalized spacial score (nSPS) is 22.7. The molecule has 1 saturated carbocycles. The van der Waals surface area contributed by atoms with E-state index >= 15 is 0 Å². The fourth-order valence-corrected chi connectivity index (χ4v) is 8.06. The molecule has 8 rings (SSSR count). The number of anilines is 3.